The first kappa shape index (κ1) is 17.2. The lowest BCUT2D eigenvalue weighted by Gasteiger charge is -2.18. The third-order valence-corrected chi connectivity index (χ3v) is 4.66. The summed E-state index contributed by atoms with van der Waals surface area (Å²) in [5, 5.41) is 5.68. The van der Waals surface area contributed by atoms with E-state index in [1.54, 1.807) is 42.5 Å². The first-order valence-corrected chi connectivity index (χ1v) is 8.43. The molecule has 2 atom stereocenters. The van der Waals surface area contributed by atoms with E-state index in [0.717, 1.165) is 5.56 Å². The summed E-state index contributed by atoms with van der Waals surface area (Å²) in [7, 11) is 0. The van der Waals surface area contributed by atoms with Crippen molar-refractivity contribution in [2.75, 3.05) is 0 Å². The molecular weight excluding hydrogens is 308 g/mol. The Morgan fingerprint density at radius 1 is 1.04 bits per heavy atom. The Balaban J connectivity index is 1.95. The number of aryl methyl sites for hydroxylation is 2. The summed E-state index contributed by atoms with van der Waals surface area (Å²) >= 11 is 1.72. The van der Waals surface area contributed by atoms with Gasteiger partial charge in [-0.05, 0) is 51.5 Å². The van der Waals surface area contributed by atoms with E-state index in [1.165, 1.54) is 9.75 Å². The third kappa shape index (κ3) is 4.42. The number of rotatable bonds is 5. The second-order valence-corrected chi connectivity index (χ2v) is 7.12. The molecule has 23 heavy (non-hydrogen) atoms. The lowest BCUT2D eigenvalue weighted by atomic mass is 10.1. The summed E-state index contributed by atoms with van der Waals surface area (Å²) in [6.45, 7) is 7.75. The number of thiophene rings is 1. The van der Waals surface area contributed by atoms with Crippen molar-refractivity contribution in [1.82, 2.24) is 10.6 Å². The van der Waals surface area contributed by atoms with Crippen LogP contribution in [0.1, 0.15) is 45.6 Å². The third-order valence-electron chi connectivity index (χ3n) is 3.68. The van der Waals surface area contributed by atoms with Gasteiger partial charge in [0.25, 0.3) is 5.91 Å². The molecule has 1 aromatic carbocycles. The van der Waals surface area contributed by atoms with Crippen molar-refractivity contribution >= 4 is 23.2 Å². The van der Waals surface area contributed by atoms with Gasteiger partial charge < -0.3 is 10.6 Å². The van der Waals surface area contributed by atoms with Crippen LogP contribution in [0.2, 0.25) is 0 Å². The van der Waals surface area contributed by atoms with E-state index in [2.05, 4.69) is 30.5 Å². The fourth-order valence-corrected chi connectivity index (χ4v) is 3.45. The zero-order valence-corrected chi connectivity index (χ0v) is 14.7. The van der Waals surface area contributed by atoms with Gasteiger partial charge in [-0.3, -0.25) is 9.59 Å². The minimum Gasteiger partial charge on any atom is -0.348 e. The molecule has 5 heteroatoms. The quantitative estimate of drug-likeness (QED) is 0.883. The summed E-state index contributed by atoms with van der Waals surface area (Å²) < 4.78 is 0. The Kier molecular flexibility index (Phi) is 5.55. The van der Waals surface area contributed by atoms with Gasteiger partial charge in [-0.25, -0.2) is 0 Å². The summed E-state index contributed by atoms with van der Waals surface area (Å²) in [5.74, 6) is -0.437. The topological polar surface area (TPSA) is 58.2 Å². The maximum Gasteiger partial charge on any atom is 0.251 e. The van der Waals surface area contributed by atoms with E-state index in [-0.39, 0.29) is 17.9 Å². The van der Waals surface area contributed by atoms with Crippen molar-refractivity contribution < 1.29 is 9.59 Å². The van der Waals surface area contributed by atoms with Gasteiger partial charge in [-0.15, -0.1) is 11.3 Å². The van der Waals surface area contributed by atoms with Crippen LogP contribution in [0.4, 0.5) is 0 Å². The molecule has 0 saturated heterocycles. The van der Waals surface area contributed by atoms with Crippen LogP contribution in [-0.4, -0.2) is 17.9 Å². The number of carbonyl (C=O) groups excluding carboxylic acids is 2. The van der Waals surface area contributed by atoms with Crippen molar-refractivity contribution in [2.45, 2.75) is 39.8 Å². The Morgan fingerprint density at radius 3 is 2.26 bits per heavy atom. The van der Waals surface area contributed by atoms with Crippen molar-refractivity contribution in [1.29, 1.82) is 0 Å². The normalized spacial score (nSPS) is 13.2. The Bertz CT molecular complexity index is 694. The van der Waals surface area contributed by atoms with Gasteiger partial charge >= 0.3 is 0 Å². The minimum absolute atomic E-state index is 0.0801. The molecule has 0 aliphatic heterocycles. The lowest BCUT2D eigenvalue weighted by molar-refractivity contribution is -0.123. The second kappa shape index (κ2) is 7.42. The number of carbonyl (C=O) groups is 2. The van der Waals surface area contributed by atoms with Gasteiger partial charge in [0.05, 0.1) is 6.04 Å². The molecule has 0 aliphatic rings. The van der Waals surface area contributed by atoms with E-state index in [4.69, 9.17) is 0 Å². The van der Waals surface area contributed by atoms with Gasteiger partial charge in [0.1, 0.15) is 6.04 Å². The van der Waals surface area contributed by atoms with Crippen LogP contribution in [-0.2, 0) is 4.79 Å². The maximum atomic E-state index is 12.3. The number of benzene rings is 1. The number of hydrogen-bond acceptors (Lipinski definition) is 3. The molecule has 1 heterocycles. The smallest absolute Gasteiger partial charge is 0.251 e. The number of hydrogen-bond donors (Lipinski definition) is 2. The fourth-order valence-electron chi connectivity index (χ4n) is 2.43. The molecule has 0 unspecified atom stereocenters. The molecule has 0 aliphatic carbocycles. The maximum absolute atomic E-state index is 12.3. The van der Waals surface area contributed by atoms with Crippen LogP contribution in [0.5, 0.6) is 0 Å². The fraction of sp³-hybridized carbons (Fsp3) is 0.333. The average Bonchev–Trinajstić information content (AvgIpc) is 2.86. The molecule has 0 saturated carbocycles. The van der Waals surface area contributed by atoms with Crippen molar-refractivity contribution in [2.24, 2.45) is 0 Å². The van der Waals surface area contributed by atoms with E-state index in [1.807, 2.05) is 13.0 Å². The largest absolute Gasteiger partial charge is 0.348 e. The van der Waals surface area contributed by atoms with Crippen LogP contribution in [0.25, 0.3) is 0 Å². The van der Waals surface area contributed by atoms with Crippen molar-refractivity contribution in [3.05, 3.63) is 57.3 Å². The highest BCUT2D eigenvalue weighted by Gasteiger charge is 2.20. The lowest BCUT2D eigenvalue weighted by Crippen LogP contribution is -2.45. The summed E-state index contributed by atoms with van der Waals surface area (Å²) in [6.07, 6.45) is 0. The predicted octanol–water partition coefficient (Wildman–Crippen LogP) is 3.36. The number of amides is 2. The number of nitrogens with one attached hydrogen (secondary N) is 2. The van der Waals surface area contributed by atoms with Crippen molar-refractivity contribution in [3.63, 3.8) is 0 Å². The molecule has 0 radical (unpaired) electrons. The Hall–Kier alpha value is -2.14. The molecule has 0 fully saturated rings. The van der Waals surface area contributed by atoms with E-state index in [0.29, 0.717) is 5.56 Å². The summed E-state index contributed by atoms with van der Waals surface area (Å²) in [4.78, 5) is 26.8. The SMILES string of the molecule is Cc1cc([C@H](C)NC(=O)[C@H](C)NC(=O)c2ccccc2)c(C)s1. The molecule has 122 valence electrons. The standard InChI is InChI=1S/C18H22N2O2S/c1-11-10-16(14(4)23-11)12(2)19-17(21)13(3)20-18(22)15-8-6-5-7-9-15/h5-10,12-13H,1-4H3,(H,19,21)(H,20,22)/t12-,13-/m0/s1. The highest BCUT2D eigenvalue weighted by Crippen LogP contribution is 2.26. The molecule has 0 spiro atoms. The molecule has 2 aromatic rings. The van der Waals surface area contributed by atoms with Gasteiger partial charge in [-0.1, -0.05) is 18.2 Å². The summed E-state index contributed by atoms with van der Waals surface area (Å²) in [5.41, 5.74) is 1.67. The average molecular weight is 330 g/mol. The van der Waals surface area contributed by atoms with Crippen LogP contribution < -0.4 is 10.6 Å². The van der Waals surface area contributed by atoms with E-state index >= 15 is 0 Å². The highest BCUT2D eigenvalue weighted by atomic mass is 32.1. The molecule has 1 aromatic heterocycles. The first-order chi connectivity index (χ1) is 10.9. The van der Waals surface area contributed by atoms with Crippen LogP contribution >= 0.6 is 11.3 Å². The first-order valence-electron chi connectivity index (χ1n) is 7.61. The molecule has 4 nitrogen and oxygen atoms in total. The minimum atomic E-state index is -0.592. The van der Waals surface area contributed by atoms with Crippen molar-refractivity contribution in [3.8, 4) is 0 Å². The monoisotopic (exact) mass is 330 g/mol. The van der Waals surface area contributed by atoms with Crippen LogP contribution in [0.3, 0.4) is 0 Å². The predicted molar refractivity (Wildman–Crippen MR) is 93.7 cm³/mol. The Labute approximate surface area is 140 Å². The molecule has 2 rings (SSSR count). The molecule has 2 amide bonds. The zero-order valence-electron chi connectivity index (χ0n) is 13.8. The molecule has 2 N–H and O–H groups in total. The van der Waals surface area contributed by atoms with E-state index in [9.17, 15) is 9.59 Å². The van der Waals surface area contributed by atoms with Gasteiger partial charge in [0.15, 0.2) is 0 Å². The van der Waals surface area contributed by atoms with E-state index < -0.39 is 6.04 Å². The molecular formula is C18H22N2O2S. The summed E-state index contributed by atoms with van der Waals surface area (Å²) in [6, 6.07) is 10.3. The van der Waals surface area contributed by atoms with Crippen LogP contribution in [0, 0.1) is 13.8 Å². The van der Waals surface area contributed by atoms with Gasteiger partial charge in [-0.2, -0.15) is 0 Å². The van der Waals surface area contributed by atoms with Gasteiger partial charge in [0.2, 0.25) is 5.91 Å². The molecule has 0 bridgehead atoms. The highest BCUT2D eigenvalue weighted by molar-refractivity contribution is 7.12. The van der Waals surface area contributed by atoms with Crippen LogP contribution in [0.15, 0.2) is 36.4 Å². The Morgan fingerprint density at radius 2 is 1.70 bits per heavy atom. The van der Waals surface area contributed by atoms with Gasteiger partial charge in [0, 0.05) is 15.3 Å². The second-order valence-electron chi connectivity index (χ2n) is 5.66. The zero-order chi connectivity index (χ0) is 17.0.